The van der Waals surface area contributed by atoms with E-state index in [0.717, 1.165) is 5.69 Å². The van der Waals surface area contributed by atoms with Gasteiger partial charge in [-0.3, -0.25) is 14.4 Å². The van der Waals surface area contributed by atoms with Crippen LogP contribution in [0.3, 0.4) is 0 Å². The highest BCUT2D eigenvalue weighted by Gasteiger charge is 2.09. The van der Waals surface area contributed by atoms with Gasteiger partial charge in [-0.2, -0.15) is 0 Å². The van der Waals surface area contributed by atoms with E-state index in [1.54, 1.807) is 37.3 Å². The molecule has 24 heavy (non-hydrogen) atoms. The number of nitrogens with two attached hydrogens (primary N) is 1. The molecule has 0 aliphatic rings. The number of aromatic amines is 1. The third kappa shape index (κ3) is 3.03. The van der Waals surface area contributed by atoms with E-state index in [-0.39, 0.29) is 11.3 Å². The molecule has 2 amide bonds. The first-order chi connectivity index (χ1) is 11.4. The second-order valence-electron chi connectivity index (χ2n) is 5.47. The Morgan fingerprint density at radius 2 is 1.67 bits per heavy atom. The lowest BCUT2D eigenvalue weighted by Crippen LogP contribution is -2.14. The van der Waals surface area contributed by atoms with Crippen LogP contribution >= 0.6 is 0 Å². The maximum Gasteiger partial charge on any atom is 0.255 e. The first-order valence-electron chi connectivity index (χ1n) is 7.29. The fourth-order valence-electron chi connectivity index (χ4n) is 2.44. The average Bonchev–Trinajstić information content (AvgIpc) is 2.55. The quantitative estimate of drug-likeness (QED) is 0.688. The number of rotatable bonds is 3. The monoisotopic (exact) mass is 321 g/mol. The number of H-pyrrole nitrogens is 1. The number of hydrogen-bond donors (Lipinski definition) is 3. The van der Waals surface area contributed by atoms with Gasteiger partial charge in [0.15, 0.2) is 5.43 Å². The smallest absolute Gasteiger partial charge is 0.255 e. The lowest BCUT2D eigenvalue weighted by Gasteiger charge is -2.07. The van der Waals surface area contributed by atoms with Crippen molar-refractivity contribution in [2.24, 2.45) is 5.73 Å². The third-order valence-electron chi connectivity index (χ3n) is 3.65. The fraction of sp³-hybridized carbons (Fsp3) is 0.0556. The molecular formula is C18H15N3O3. The van der Waals surface area contributed by atoms with Gasteiger partial charge in [0, 0.05) is 39.5 Å². The van der Waals surface area contributed by atoms with Crippen LogP contribution in [-0.4, -0.2) is 16.8 Å². The highest BCUT2D eigenvalue weighted by Crippen LogP contribution is 2.14. The predicted octanol–water partition coefficient (Wildman–Crippen LogP) is 2.19. The first kappa shape index (κ1) is 15.5. The summed E-state index contributed by atoms with van der Waals surface area (Å²) in [7, 11) is 0. The second-order valence-corrected chi connectivity index (χ2v) is 5.47. The van der Waals surface area contributed by atoms with E-state index in [9.17, 15) is 14.4 Å². The van der Waals surface area contributed by atoms with Gasteiger partial charge in [0.05, 0.1) is 0 Å². The number of anilines is 1. The summed E-state index contributed by atoms with van der Waals surface area (Å²) in [6, 6.07) is 12.6. The van der Waals surface area contributed by atoms with Crippen LogP contribution < -0.4 is 16.5 Å². The van der Waals surface area contributed by atoms with Crippen molar-refractivity contribution >= 4 is 28.4 Å². The number of carbonyl (C=O) groups is 2. The molecule has 1 heterocycles. The Hall–Kier alpha value is -3.41. The van der Waals surface area contributed by atoms with Crippen molar-refractivity contribution < 1.29 is 9.59 Å². The van der Waals surface area contributed by atoms with Crippen LogP contribution in [0.2, 0.25) is 0 Å². The molecule has 0 saturated heterocycles. The van der Waals surface area contributed by atoms with Gasteiger partial charge < -0.3 is 16.0 Å². The zero-order valence-corrected chi connectivity index (χ0v) is 12.9. The number of aromatic nitrogens is 1. The number of pyridine rings is 1. The fourth-order valence-corrected chi connectivity index (χ4v) is 2.44. The number of primary amides is 1. The summed E-state index contributed by atoms with van der Waals surface area (Å²) in [5, 5.41) is 3.17. The minimum atomic E-state index is -0.531. The van der Waals surface area contributed by atoms with Gasteiger partial charge in [-0.25, -0.2) is 0 Å². The molecular weight excluding hydrogens is 306 g/mol. The zero-order chi connectivity index (χ0) is 17.3. The summed E-state index contributed by atoms with van der Waals surface area (Å²) in [5.74, 6) is -0.874. The van der Waals surface area contributed by atoms with Gasteiger partial charge in [-0.1, -0.05) is 0 Å². The molecule has 2 aromatic carbocycles. The average molecular weight is 321 g/mol. The van der Waals surface area contributed by atoms with Crippen molar-refractivity contribution in [2.75, 3.05) is 5.32 Å². The van der Waals surface area contributed by atoms with E-state index in [4.69, 9.17) is 5.73 Å². The number of nitrogens with one attached hydrogen (secondary N) is 2. The van der Waals surface area contributed by atoms with Crippen LogP contribution in [0.1, 0.15) is 26.4 Å². The molecule has 3 aromatic rings. The van der Waals surface area contributed by atoms with Crippen molar-refractivity contribution in [3.63, 3.8) is 0 Å². The Morgan fingerprint density at radius 1 is 1.00 bits per heavy atom. The number of benzene rings is 2. The third-order valence-corrected chi connectivity index (χ3v) is 3.65. The van der Waals surface area contributed by atoms with Gasteiger partial charge in [-0.15, -0.1) is 0 Å². The molecule has 1 aromatic heterocycles. The van der Waals surface area contributed by atoms with Crippen molar-refractivity contribution in [2.45, 2.75) is 6.92 Å². The Kier molecular flexibility index (Phi) is 3.87. The molecule has 0 bridgehead atoms. The van der Waals surface area contributed by atoms with Crippen molar-refractivity contribution in [1.82, 2.24) is 4.98 Å². The van der Waals surface area contributed by atoms with Crippen LogP contribution in [0.25, 0.3) is 10.9 Å². The molecule has 6 heteroatoms. The number of fused-ring (bicyclic) bond motifs is 1. The van der Waals surface area contributed by atoms with E-state index in [0.29, 0.717) is 27.7 Å². The van der Waals surface area contributed by atoms with Crippen LogP contribution in [0.4, 0.5) is 5.69 Å². The molecule has 3 rings (SSSR count). The Labute approximate surface area is 137 Å². The van der Waals surface area contributed by atoms with Gasteiger partial charge >= 0.3 is 0 Å². The van der Waals surface area contributed by atoms with Crippen LogP contribution in [0, 0.1) is 6.92 Å². The molecule has 0 spiro atoms. The van der Waals surface area contributed by atoms with Crippen LogP contribution in [0.5, 0.6) is 0 Å². The van der Waals surface area contributed by atoms with Crippen LogP contribution in [-0.2, 0) is 0 Å². The van der Waals surface area contributed by atoms with E-state index >= 15 is 0 Å². The number of carbonyl (C=O) groups excluding carboxylic acids is 2. The number of aryl methyl sites for hydroxylation is 1. The standard InChI is InChI=1S/C18H15N3O3/c1-10-8-16(22)14-9-12(4-7-15(14)20-10)18(24)21-13-5-2-11(3-6-13)17(19)23/h2-9H,1H3,(H2,19,23)(H,20,22)(H,21,24). The Balaban J connectivity index is 1.88. The molecule has 0 aliphatic heterocycles. The first-order valence-corrected chi connectivity index (χ1v) is 7.29. The van der Waals surface area contributed by atoms with Crippen molar-refractivity contribution in [3.05, 3.63) is 75.6 Å². The summed E-state index contributed by atoms with van der Waals surface area (Å²) in [4.78, 5) is 38.5. The zero-order valence-electron chi connectivity index (χ0n) is 12.9. The Bertz CT molecular complexity index is 1000. The number of hydrogen-bond acceptors (Lipinski definition) is 3. The lowest BCUT2D eigenvalue weighted by molar-refractivity contribution is 0.0998. The highest BCUT2D eigenvalue weighted by atomic mass is 16.2. The van der Waals surface area contributed by atoms with E-state index in [2.05, 4.69) is 10.3 Å². The molecule has 0 atom stereocenters. The predicted molar refractivity (Wildman–Crippen MR) is 92.2 cm³/mol. The van der Waals surface area contributed by atoms with Crippen LogP contribution in [0.15, 0.2) is 53.3 Å². The molecule has 0 aliphatic carbocycles. The summed E-state index contributed by atoms with van der Waals surface area (Å²) >= 11 is 0. The van der Waals surface area contributed by atoms with Gasteiger partial charge in [0.2, 0.25) is 5.91 Å². The topological polar surface area (TPSA) is 105 Å². The van der Waals surface area contributed by atoms with Crippen molar-refractivity contribution in [3.8, 4) is 0 Å². The molecule has 6 nitrogen and oxygen atoms in total. The van der Waals surface area contributed by atoms with Gasteiger partial charge in [0.1, 0.15) is 0 Å². The van der Waals surface area contributed by atoms with E-state index in [1.165, 1.54) is 18.2 Å². The lowest BCUT2D eigenvalue weighted by atomic mass is 10.1. The van der Waals surface area contributed by atoms with E-state index < -0.39 is 5.91 Å². The molecule has 0 saturated carbocycles. The molecule has 0 radical (unpaired) electrons. The highest BCUT2D eigenvalue weighted by molar-refractivity contribution is 6.06. The molecule has 4 N–H and O–H groups in total. The Morgan fingerprint density at radius 3 is 2.33 bits per heavy atom. The minimum absolute atomic E-state index is 0.137. The molecule has 0 unspecified atom stereocenters. The minimum Gasteiger partial charge on any atom is -0.366 e. The SMILES string of the molecule is Cc1cc(=O)c2cc(C(=O)Nc3ccc(C(N)=O)cc3)ccc2[nH]1. The summed E-state index contributed by atoms with van der Waals surface area (Å²) in [6.45, 7) is 1.80. The van der Waals surface area contributed by atoms with Gasteiger partial charge in [0.25, 0.3) is 5.91 Å². The second kappa shape index (κ2) is 6.00. The van der Waals surface area contributed by atoms with Gasteiger partial charge in [-0.05, 0) is 49.4 Å². The normalized spacial score (nSPS) is 10.5. The summed E-state index contributed by atoms with van der Waals surface area (Å²) < 4.78 is 0. The van der Waals surface area contributed by atoms with Crippen molar-refractivity contribution in [1.29, 1.82) is 0 Å². The number of amides is 2. The maximum atomic E-state index is 12.3. The maximum absolute atomic E-state index is 12.3. The molecule has 0 fully saturated rings. The van der Waals surface area contributed by atoms with E-state index in [1.807, 2.05) is 0 Å². The summed E-state index contributed by atoms with van der Waals surface area (Å²) in [6.07, 6.45) is 0. The molecule has 120 valence electrons. The largest absolute Gasteiger partial charge is 0.366 e. The summed E-state index contributed by atoms with van der Waals surface area (Å²) in [5.41, 5.74) is 7.75.